The molecule has 0 aliphatic heterocycles. The lowest BCUT2D eigenvalue weighted by Gasteiger charge is -2.06. The van der Waals surface area contributed by atoms with E-state index in [1.54, 1.807) is 0 Å². The molecule has 8 heteroatoms. The van der Waals surface area contributed by atoms with E-state index < -0.39 is 7.60 Å². The van der Waals surface area contributed by atoms with Crippen molar-refractivity contribution in [3.05, 3.63) is 0 Å². The van der Waals surface area contributed by atoms with E-state index in [2.05, 4.69) is 27.3 Å². The minimum Gasteiger partial charge on any atom is -0.409 e. The van der Waals surface area contributed by atoms with Crippen molar-refractivity contribution in [2.24, 2.45) is 10.8 Å². The number of rotatable bonds is 2. The van der Waals surface area contributed by atoms with Crippen molar-refractivity contribution in [3.8, 4) is 0 Å². The molecule has 0 aromatic rings. The van der Waals surface area contributed by atoms with Crippen LogP contribution in [0.3, 0.4) is 0 Å². The SMILES string of the molecule is CC(=NNC(N)=S)OP(C)(=O)O. The van der Waals surface area contributed by atoms with Gasteiger partial charge in [0, 0.05) is 13.6 Å². The lowest BCUT2D eigenvalue weighted by molar-refractivity contribution is 0.380. The van der Waals surface area contributed by atoms with Gasteiger partial charge in [0.1, 0.15) is 0 Å². The molecule has 12 heavy (non-hydrogen) atoms. The Morgan fingerprint density at radius 3 is 2.67 bits per heavy atom. The molecule has 70 valence electrons. The molecule has 0 rings (SSSR count). The van der Waals surface area contributed by atoms with E-state index >= 15 is 0 Å². The summed E-state index contributed by atoms with van der Waals surface area (Å²) in [6.45, 7) is 2.45. The van der Waals surface area contributed by atoms with E-state index in [4.69, 9.17) is 10.6 Å². The Bertz CT molecular complexity index is 248. The third-order valence-electron chi connectivity index (χ3n) is 0.625. The normalized spacial score (nSPS) is 16.4. The van der Waals surface area contributed by atoms with Crippen LogP contribution in [0.1, 0.15) is 6.92 Å². The Hall–Kier alpha value is -0.650. The van der Waals surface area contributed by atoms with E-state index in [0.29, 0.717) is 0 Å². The Morgan fingerprint density at radius 1 is 1.83 bits per heavy atom. The van der Waals surface area contributed by atoms with E-state index in [1.807, 2.05) is 0 Å². The number of nitrogens with zero attached hydrogens (tertiary/aromatic N) is 1. The molecule has 0 saturated carbocycles. The number of hydrogen-bond acceptors (Lipinski definition) is 4. The minimum atomic E-state index is -3.54. The zero-order valence-electron chi connectivity index (χ0n) is 6.64. The van der Waals surface area contributed by atoms with Crippen molar-refractivity contribution in [1.82, 2.24) is 5.43 Å². The van der Waals surface area contributed by atoms with Gasteiger partial charge in [0.25, 0.3) is 0 Å². The predicted octanol–water partition coefficient (Wildman–Crippen LogP) is -0.0152. The molecule has 4 N–H and O–H groups in total. The molecule has 0 bridgehead atoms. The third kappa shape index (κ3) is 7.46. The minimum absolute atomic E-state index is 0.00358. The second kappa shape index (κ2) is 4.39. The first-order valence-electron chi connectivity index (χ1n) is 2.91. The summed E-state index contributed by atoms with van der Waals surface area (Å²) in [5.74, 6) is -0.00358. The fourth-order valence-corrected chi connectivity index (χ4v) is 0.976. The monoisotopic (exact) mass is 211 g/mol. The molecule has 0 fully saturated rings. The first kappa shape index (κ1) is 11.4. The summed E-state index contributed by atoms with van der Waals surface area (Å²) in [7, 11) is -3.54. The van der Waals surface area contributed by atoms with Crippen LogP contribution in [0.5, 0.6) is 0 Å². The average molecular weight is 211 g/mol. The van der Waals surface area contributed by atoms with Gasteiger partial charge < -0.3 is 15.2 Å². The van der Waals surface area contributed by atoms with Crippen LogP contribution in [0.25, 0.3) is 0 Å². The molecule has 6 nitrogen and oxygen atoms in total. The summed E-state index contributed by atoms with van der Waals surface area (Å²) in [4.78, 5) is 8.71. The highest BCUT2D eigenvalue weighted by Gasteiger charge is 2.11. The number of nitrogens with two attached hydrogens (primary N) is 1. The summed E-state index contributed by atoms with van der Waals surface area (Å²) < 4.78 is 15.1. The van der Waals surface area contributed by atoms with Gasteiger partial charge in [-0.2, -0.15) is 0 Å². The van der Waals surface area contributed by atoms with Crippen LogP contribution in [0.4, 0.5) is 0 Å². The number of hydrazone groups is 1. The Labute approximate surface area is 75.3 Å². The molecule has 0 aliphatic carbocycles. The van der Waals surface area contributed by atoms with Crippen LogP contribution in [0.2, 0.25) is 0 Å². The van der Waals surface area contributed by atoms with Crippen LogP contribution in [0.15, 0.2) is 5.10 Å². The maximum atomic E-state index is 10.6. The van der Waals surface area contributed by atoms with Gasteiger partial charge in [-0.05, 0) is 12.2 Å². The molecular weight excluding hydrogens is 201 g/mol. The number of hydrogen-bond donors (Lipinski definition) is 3. The molecule has 0 aromatic carbocycles. The molecule has 0 heterocycles. The fraction of sp³-hybridized carbons (Fsp3) is 0.500. The van der Waals surface area contributed by atoms with Gasteiger partial charge in [0.2, 0.25) is 5.90 Å². The lowest BCUT2D eigenvalue weighted by atomic mass is 10.8. The average Bonchev–Trinajstić information content (AvgIpc) is 1.79. The smallest absolute Gasteiger partial charge is 0.374 e. The van der Waals surface area contributed by atoms with Gasteiger partial charge in [-0.3, -0.25) is 5.43 Å². The van der Waals surface area contributed by atoms with Gasteiger partial charge in [0.05, 0.1) is 0 Å². The molecule has 1 atom stereocenters. The van der Waals surface area contributed by atoms with Crippen LogP contribution < -0.4 is 11.2 Å². The summed E-state index contributed by atoms with van der Waals surface area (Å²) in [5.41, 5.74) is 7.24. The molecule has 0 spiro atoms. The van der Waals surface area contributed by atoms with Crippen LogP contribution in [-0.2, 0) is 9.09 Å². The van der Waals surface area contributed by atoms with Crippen molar-refractivity contribution in [1.29, 1.82) is 0 Å². The second-order valence-corrected chi connectivity index (χ2v) is 4.23. The van der Waals surface area contributed by atoms with Crippen molar-refractivity contribution < 1.29 is 14.0 Å². The largest absolute Gasteiger partial charge is 0.409 e. The standard InChI is InChI=1S/C4H10N3O3PS/c1-3(6-7-4(5)12)10-11(2,8)9/h1-2H3,(H,8,9)(H3,5,7,12). The summed E-state index contributed by atoms with van der Waals surface area (Å²) in [5, 5.41) is 3.42. The Kier molecular flexibility index (Phi) is 4.16. The molecule has 0 aromatic heterocycles. The van der Waals surface area contributed by atoms with Gasteiger partial charge in [-0.1, -0.05) is 0 Å². The van der Waals surface area contributed by atoms with E-state index in [1.165, 1.54) is 6.92 Å². The first-order valence-corrected chi connectivity index (χ1v) is 5.34. The van der Waals surface area contributed by atoms with E-state index in [0.717, 1.165) is 6.66 Å². The molecule has 0 amide bonds. The fourth-order valence-electron chi connectivity index (χ4n) is 0.399. The highest BCUT2D eigenvalue weighted by atomic mass is 32.1. The third-order valence-corrected chi connectivity index (χ3v) is 1.32. The maximum absolute atomic E-state index is 10.6. The highest BCUT2D eigenvalue weighted by molar-refractivity contribution is 7.80. The van der Waals surface area contributed by atoms with Crippen LogP contribution in [0, 0.1) is 0 Å². The van der Waals surface area contributed by atoms with Gasteiger partial charge >= 0.3 is 7.60 Å². The van der Waals surface area contributed by atoms with Crippen molar-refractivity contribution in [2.75, 3.05) is 6.66 Å². The van der Waals surface area contributed by atoms with Crippen molar-refractivity contribution >= 4 is 30.8 Å². The highest BCUT2D eigenvalue weighted by Crippen LogP contribution is 2.36. The van der Waals surface area contributed by atoms with E-state index in [-0.39, 0.29) is 11.0 Å². The predicted molar refractivity (Wildman–Crippen MR) is 49.9 cm³/mol. The van der Waals surface area contributed by atoms with Gasteiger partial charge in [0.15, 0.2) is 5.11 Å². The quantitative estimate of drug-likeness (QED) is 0.195. The zero-order chi connectivity index (χ0) is 9.78. The lowest BCUT2D eigenvalue weighted by Crippen LogP contribution is -2.25. The Morgan fingerprint density at radius 2 is 2.33 bits per heavy atom. The summed E-state index contributed by atoms with van der Waals surface area (Å²) in [6, 6.07) is 0. The van der Waals surface area contributed by atoms with Gasteiger partial charge in [-0.15, -0.1) is 5.10 Å². The molecule has 0 radical (unpaired) electrons. The first-order chi connectivity index (χ1) is 5.31. The zero-order valence-corrected chi connectivity index (χ0v) is 8.35. The van der Waals surface area contributed by atoms with Gasteiger partial charge in [-0.25, -0.2) is 4.57 Å². The summed E-state index contributed by atoms with van der Waals surface area (Å²) >= 11 is 4.43. The van der Waals surface area contributed by atoms with Crippen LogP contribution >= 0.6 is 19.8 Å². The Balaban J connectivity index is 4.04. The maximum Gasteiger partial charge on any atom is 0.374 e. The van der Waals surface area contributed by atoms with Crippen molar-refractivity contribution in [2.45, 2.75) is 6.92 Å². The number of thiocarbonyl (C=S) groups is 1. The van der Waals surface area contributed by atoms with Crippen LogP contribution in [-0.4, -0.2) is 22.6 Å². The molecule has 1 unspecified atom stereocenters. The van der Waals surface area contributed by atoms with E-state index in [9.17, 15) is 4.57 Å². The number of nitrogens with one attached hydrogen (secondary N) is 1. The van der Waals surface area contributed by atoms with Crippen molar-refractivity contribution in [3.63, 3.8) is 0 Å². The molecular formula is C4H10N3O3PS. The second-order valence-electron chi connectivity index (χ2n) is 2.00. The molecule has 0 aliphatic rings. The topological polar surface area (TPSA) is 96.9 Å². The summed E-state index contributed by atoms with van der Waals surface area (Å²) in [6.07, 6.45) is 0. The molecule has 0 saturated heterocycles.